The van der Waals surface area contributed by atoms with E-state index >= 15 is 0 Å². The molecule has 5 aromatic rings. The summed E-state index contributed by atoms with van der Waals surface area (Å²) in [6, 6.07) is 24.3. The van der Waals surface area contributed by atoms with Crippen molar-refractivity contribution >= 4 is 62.7 Å². The minimum absolute atomic E-state index is 0.0519. The van der Waals surface area contributed by atoms with Crippen molar-refractivity contribution < 1.29 is 37.1 Å². The summed E-state index contributed by atoms with van der Waals surface area (Å²) in [5, 5.41) is 7.33. The Kier molecular flexibility index (Phi) is 15.0. The van der Waals surface area contributed by atoms with Crippen LogP contribution in [0.25, 0.3) is 11.0 Å². The summed E-state index contributed by atoms with van der Waals surface area (Å²) in [4.78, 5) is 59.0. The van der Waals surface area contributed by atoms with Crippen LogP contribution in [0.2, 0.25) is 0 Å². The van der Waals surface area contributed by atoms with Gasteiger partial charge in [-0.2, -0.15) is 5.10 Å². The number of rotatable bonds is 16. The summed E-state index contributed by atoms with van der Waals surface area (Å²) < 4.78 is 36.3. The number of nitrogens with zero attached hydrogens (tertiary/aromatic N) is 5. The summed E-state index contributed by atoms with van der Waals surface area (Å²) in [6.45, 7) is 5.13. The van der Waals surface area contributed by atoms with Crippen molar-refractivity contribution in [2.75, 3.05) is 30.0 Å². The molecule has 304 valence electrons. The number of unbranched alkanes of at least 4 members (excludes halogenated alkanes) is 3. The highest BCUT2D eigenvalue weighted by molar-refractivity contribution is 7.90. The number of aromatic nitrogens is 3. The van der Waals surface area contributed by atoms with Gasteiger partial charge in [0.1, 0.15) is 16.5 Å². The zero-order valence-corrected chi connectivity index (χ0v) is 33.3. The number of imidazole rings is 1. The second-order valence-corrected chi connectivity index (χ2v) is 14.6. The largest absolute Gasteiger partial charge is 0.466 e. The molecule has 6 rings (SSSR count). The highest BCUT2D eigenvalue weighted by Gasteiger charge is 2.31. The van der Waals surface area contributed by atoms with Crippen LogP contribution in [-0.2, 0) is 37.9 Å². The number of ether oxygens (including phenoxy) is 2. The fraction of sp³-hybridized carbons (Fsp3) is 0.293. The van der Waals surface area contributed by atoms with E-state index in [1.54, 1.807) is 61.8 Å². The zero-order valence-electron chi connectivity index (χ0n) is 32.5. The third-order valence-electron chi connectivity index (χ3n) is 8.85. The van der Waals surface area contributed by atoms with Crippen molar-refractivity contribution in [2.24, 2.45) is 12.1 Å². The second kappa shape index (κ2) is 20.5. The Bertz CT molecular complexity index is 2350. The number of carbonyl (C=O) groups is 4. The van der Waals surface area contributed by atoms with Crippen molar-refractivity contribution in [3.63, 3.8) is 0 Å². The van der Waals surface area contributed by atoms with Crippen molar-refractivity contribution in [3.05, 3.63) is 114 Å². The summed E-state index contributed by atoms with van der Waals surface area (Å²) in [5.74, 6) is 0.0243. The Labute approximate surface area is 336 Å². The molecule has 3 amide bonds. The minimum Gasteiger partial charge on any atom is -0.466 e. The zero-order chi connectivity index (χ0) is 41.5. The fourth-order valence-electron chi connectivity index (χ4n) is 5.84. The standard InChI is InChI=1S/C34H41N7O5.C7H5NO3S/c1-4-6-7-10-21-46-34(44)39-37-23-25-12-15-27(16-13-25)36-24-31-38-28-22-26(14-17-29(28)40(31)3)33(43)41(20-18-32(42)45-5-2)30-11-8-9-19-35-30;9-7-5-3-1-2-4-6(5)12(10,11)8-7/h8-9,11-17,19,22-23,36H,4-7,10,18,20-21,24H2,1-3H3,(H,39,44);1-4H,(H,8,9)/b37-23+;. The van der Waals surface area contributed by atoms with Gasteiger partial charge in [-0.25, -0.2) is 33.3 Å². The van der Waals surface area contributed by atoms with Crippen LogP contribution in [0.15, 0.2) is 101 Å². The third-order valence-corrected chi connectivity index (χ3v) is 10.2. The maximum Gasteiger partial charge on any atom is 0.427 e. The average Bonchev–Trinajstić information content (AvgIpc) is 3.67. The Hall–Kier alpha value is -6.62. The number of esters is 1. The number of hydrogen-bond donors (Lipinski definition) is 3. The van der Waals surface area contributed by atoms with Crippen molar-refractivity contribution in [1.29, 1.82) is 0 Å². The number of benzene rings is 3. The number of anilines is 2. The first-order valence-electron chi connectivity index (χ1n) is 18.8. The number of aryl methyl sites for hydroxylation is 1. The van der Waals surface area contributed by atoms with Gasteiger partial charge in [0.05, 0.1) is 49.0 Å². The van der Waals surface area contributed by atoms with E-state index in [-0.39, 0.29) is 41.9 Å². The number of amides is 3. The van der Waals surface area contributed by atoms with Gasteiger partial charge in [-0.05, 0) is 73.5 Å². The van der Waals surface area contributed by atoms with Crippen molar-refractivity contribution in [2.45, 2.75) is 57.4 Å². The van der Waals surface area contributed by atoms with E-state index < -0.39 is 22.0 Å². The first-order chi connectivity index (χ1) is 28.0. The molecule has 0 spiro atoms. The molecule has 0 saturated carbocycles. The van der Waals surface area contributed by atoms with Gasteiger partial charge in [-0.15, -0.1) is 0 Å². The topological polar surface area (TPSA) is 203 Å². The lowest BCUT2D eigenvalue weighted by molar-refractivity contribution is -0.142. The quantitative estimate of drug-likeness (QED) is 0.0461. The lowest BCUT2D eigenvalue weighted by Crippen LogP contribution is -2.34. The van der Waals surface area contributed by atoms with E-state index in [1.165, 1.54) is 17.0 Å². The SMILES string of the molecule is CCCCCCOC(=O)N/N=C/c1ccc(NCc2nc3cc(C(=O)N(CCC(=O)OCC)c4ccccn4)ccc3n2C)cc1.O=C1NS(=O)(=O)c2ccccc21. The molecule has 3 aromatic carbocycles. The molecular formula is C41H46N8O8S. The van der Waals surface area contributed by atoms with E-state index in [2.05, 4.69) is 27.8 Å². The van der Waals surface area contributed by atoms with Gasteiger partial charge in [0.2, 0.25) is 0 Å². The van der Waals surface area contributed by atoms with Crippen LogP contribution in [0, 0.1) is 0 Å². The van der Waals surface area contributed by atoms with Crippen LogP contribution in [0.4, 0.5) is 16.3 Å². The predicted molar refractivity (Wildman–Crippen MR) is 219 cm³/mol. The van der Waals surface area contributed by atoms with E-state index in [9.17, 15) is 27.6 Å². The van der Waals surface area contributed by atoms with Gasteiger partial charge >= 0.3 is 12.1 Å². The maximum absolute atomic E-state index is 13.6. The molecule has 58 heavy (non-hydrogen) atoms. The monoisotopic (exact) mass is 810 g/mol. The fourth-order valence-corrected chi connectivity index (χ4v) is 7.01. The second-order valence-electron chi connectivity index (χ2n) is 13.0. The molecule has 2 aromatic heterocycles. The van der Waals surface area contributed by atoms with E-state index in [1.807, 2.05) is 46.7 Å². The van der Waals surface area contributed by atoms with Crippen LogP contribution in [-0.4, -0.2) is 72.8 Å². The molecule has 0 atom stereocenters. The van der Waals surface area contributed by atoms with E-state index in [0.29, 0.717) is 30.0 Å². The molecule has 3 N–H and O–H groups in total. The molecule has 17 heteroatoms. The number of nitrogens with one attached hydrogen (secondary N) is 3. The first-order valence-corrected chi connectivity index (χ1v) is 20.3. The summed E-state index contributed by atoms with van der Waals surface area (Å²) in [5.41, 5.74) is 6.29. The molecule has 0 saturated heterocycles. The van der Waals surface area contributed by atoms with Crippen molar-refractivity contribution in [3.8, 4) is 0 Å². The summed E-state index contributed by atoms with van der Waals surface area (Å²) >= 11 is 0. The predicted octanol–water partition coefficient (Wildman–Crippen LogP) is 5.94. The van der Waals surface area contributed by atoms with Crippen LogP contribution in [0.5, 0.6) is 0 Å². The molecule has 0 bridgehead atoms. The van der Waals surface area contributed by atoms with Gasteiger partial charge in [-0.1, -0.05) is 56.5 Å². The Balaban J connectivity index is 0.000000451. The molecule has 3 heterocycles. The van der Waals surface area contributed by atoms with Gasteiger partial charge in [0.15, 0.2) is 0 Å². The first kappa shape index (κ1) is 42.5. The molecule has 16 nitrogen and oxygen atoms in total. The Morgan fingerprint density at radius 3 is 2.45 bits per heavy atom. The van der Waals surface area contributed by atoms with E-state index in [0.717, 1.165) is 48.3 Å². The van der Waals surface area contributed by atoms with Crippen LogP contribution in [0.3, 0.4) is 0 Å². The molecule has 1 aliphatic heterocycles. The molecule has 0 fully saturated rings. The number of hydrazone groups is 1. The van der Waals surface area contributed by atoms with Gasteiger partial charge in [-0.3, -0.25) is 19.3 Å². The smallest absolute Gasteiger partial charge is 0.427 e. The molecule has 0 radical (unpaired) electrons. The average molecular weight is 811 g/mol. The minimum atomic E-state index is -3.55. The van der Waals surface area contributed by atoms with Crippen molar-refractivity contribution in [1.82, 2.24) is 24.7 Å². The lowest BCUT2D eigenvalue weighted by atomic mass is 10.1. The summed E-state index contributed by atoms with van der Waals surface area (Å²) in [6.07, 6.45) is 6.79. The third kappa shape index (κ3) is 11.5. The normalized spacial score (nSPS) is 12.6. The van der Waals surface area contributed by atoms with Gasteiger partial charge in [0, 0.05) is 31.0 Å². The van der Waals surface area contributed by atoms with Gasteiger partial charge < -0.3 is 19.4 Å². The number of hydrogen-bond acceptors (Lipinski definition) is 12. The molecular weight excluding hydrogens is 765 g/mol. The van der Waals surface area contributed by atoms with Crippen LogP contribution in [0.1, 0.15) is 78.1 Å². The number of pyridine rings is 1. The summed E-state index contributed by atoms with van der Waals surface area (Å²) in [7, 11) is -1.63. The molecule has 0 aliphatic carbocycles. The number of sulfonamides is 1. The Morgan fingerprint density at radius 2 is 1.72 bits per heavy atom. The lowest BCUT2D eigenvalue weighted by Gasteiger charge is -2.21. The maximum atomic E-state index is 13.6. The molecule has 0 unspecified atom stereocenters. The Morgan fingerprint density at radius 1 is 0.948 bits per heavy atom. The highest BCUT2D eigenvalue weighted by atomic mass is 32.2. The van der Waals surface area contributed by atoms with Crippen LogP contribution >= 0.6 is 0 Å². The highest BCUT2D eigenvalue weighted by Crippen LogP contribution is 2.22. The number of carbonyl (C=O) groups excluding carboxylic acids is 4. The molecule has 1 aliphatic rings. The van der Waals surface area contributed by atoms with E-state index in [4.69, 9.17) is 14.5 Å². The van der Waals surface area contributed by atoms with Crippen LogP contribution < -0.4 is 20.4 Å². The number of fused-ring (bicyclic) bond motifs is 2. The van der Waals surface area contributed by atoms with Gasteiger partial charge in [0.25, 0.3) is 21.8 Å².